The van der Waals surface area contributed by atoms with Crippen molar-refractivity contribution in [3.63, 3.8) is 0 Å². The summed E-state index contributed by atoms with van der Waals surface area (Å²) >= 11 is 0. The highest BCUT2D eigenvalue weighted by atomic mass is 32.2. The first kappa shape index (κ1) is 12.1. The number of anilines is 1. The first-order chi connectivity index (χ1) is 7.00. The van der Waals surface area contributed by atoms with Gasteiger partial charge in [-0.2, -0.15) is 0 Å². The number of hydrogen-bond acceptors (Lipinski definition) is 4. The summed E-state index contributed by atoms with van der Waals surface area (Å²) in [4.78, 5) is 8.53. The minimum atomic E-state index is -0.807. The molecule has 2 atom stereocenters. The van der Waals surface area contributed by atoms with E-state index in [1.807, 2.05) is 20.8 Å². The number of nitrogens with zero attached hydrogens (tertiary/aromatic N) is 2. The molecule has 5 heteroatoms. The molecule has 1 N–H and O–H groups in total. The Morgan fingerprint density at radius 3 is 2.80 bits per heavy atom. The summed E-state index contributed by atoms with van der Waals surface area (Å²) in [6.45, 7) is 6.41. The maximum absolute atomic E-state index is 11.2. The van der Waals surface area contributed by atoms with Crippen molar-refractivity contribution >= 4 is 16.6 Å². The Labute approximate surface area is 93.0 Å². The van der Waals surface area contributed by atoms with Crippen LogP contribution in [-0.4, -0.2) is 32.2 Å². The van der Waals surface area contributed by atoms with Crippen molar-refractivity contribution in [1.82, 2.24) is 9.97 Å². The summed E-state index contributed by atoms with van der Waals surface area (Å²) in [5.74, 6) is 0.785. The molecule has 0 aliphatic carbocycles. The van der Waals surface area contributed by atoms with E-state index in [-0.39, 0.29) is 5.25 Å². The largest absolute Gasteiger partial charge is 0.367 e. The normalized spacial score (nSPS) is 14.7. The summed E-state index contributed by atoms with van der Waals surface area (Å²) in [7, 11) is -0.807. The Hall–Kier alpha value is -0.970. The zero-order valence-corrected chi connectivity index (χ0v) is 10.4. The quantitative estimate of drug-likeness (QED) is 0.841. The molecule has 0 radical (unpaired) electrons. The molecule has 0 aliphatic rings. The zero-order valence-electron chi connectivity index (χ0n) is 9.57. The van der Waals surface area contributed by atoms with E-state index < -0.39 is 10.8 Å². The summed E-state index contributed by atoms with van der Waals surface area (Å²) in [6, 6.07) is 0. The SMILES string of the molecule is Cc1cnc(C)c(NCC(C)S(C)=O)n1. The Bertz CT molecular complexity index is 368. The van der Waals surface area contributed by atoms with Crippen LogP contribution >= 0.6 is 0 Å². The van der Waals surface area contributed by atoms with Crippen LogP contribution in [-0.2, 0) is 10.8 Å². The van der Waals surface area contributed by atoms with E-state index in [1.54, 1.807) is 12.5 Å². The van der Waals surface area contributed by atoms with Gasteiger partial charge in [0, 0.05) is 35.0 Å². The smallest absolute Gasteiger partial charge is 0.147 e. The minimum absolute atomic E-state index is 0.117. The molecule has 1 heterocycles. The third-order valence-electron chi connectivity index (χ3n) is 2.20. The van der Waals surface area contributed by atoms with Gasteiger partial charge in [0.05, 0.1) is 11.4 Å². The molecule has 0 aliphatic heterocycles. The maximum Gasteiger partial charge on any atom is 0.147 e. The van der Waals surface area contributed by atoms with Crippen molar-refractivity contribution in [3.05, 3.63) is 17.6 Å². The first-order valence-corrected chi connectivity index (χ1v) is 6.49. The van der Waals surface area contributed by atoms with Crippen molar-refractivity contribution in [3.8, 4) is 0 Å². The molecular weight excluding hydrogens is 210 g/mol. The molecule has 2 unspecified atom stereocenters. The summed E-state index contributed by atoms with van der Waals surface area (Å²) in [5, 5.41) is 3.29. The van der Waals surface area contributed by atoms with E-state index in [1.165, 1.54) is 0 Å². The average Bonchev–Trinajstić information content (AvgIpc) is 2.18. The van der Waals surface area contributed by atoms with E-state index in [0.29, 0.717) is 6.54 Å². The molecule has 0 fully saturated rings. The lowest BCUT2D eigenvalue weighted by Crippen LogP contribution is -2.21. The van der Waals surface area contributed by atoms with Gasteiger partial charge in [0.1, 0.15) is 5.82 Å². The molecule has 0 aromatic carbocycles. The van der Waals surface area contributed by atoms with Gasteiger partial charge in [-0.15, -0.1) is 0 Å². The van der Waals surface area contributed by atoms with Gasteiger partial charge in [-0.1, -0.05) is 0 Å². The predicted molar refractivity (Wildman–Crippen MR) is 63.5 cm³/mol. The fourth-order valence-corrected chi connectivity index (χ4v) is 1.38. The number of hydrogen-bond donors (Lipinski definition) is 1. The second-order valence-corrected chi connectivity index (χ2v) is 5.44. The van der Waals surface area contributed by atoms with Crippen LogP contribution in [0, 0.1) is 13.8 Å². The van der Waals surface area contributed by atoms with E-state index in [2.05, 4.69) is 15.3 Å². The van der Waals surface area contributed by atoms with Crippen LogP contribution in [0.3, 0.4) is 0 Å². The van der Waals surface area contributed by atoms with Crippen LogP contribution in [0.4, 0.5) is 5.82 Å². The predicted octanol–water partition coefficient (Wildman–Crippen LogP) is 1.27. The van der Waals surface area contributed by atoms with Crippen LogP contribution < -0.4 is 5.32 Å². The summed E-state index contributed by atoms with van der Waals surface area (Å²) in [6.07, 6.45) is 3.45. The van der Waals surface area contributed by atoms with Crippen LogP contribution in [0.1, 0.15) is 18.3 Å². The minimum Gasteiger partial charge on any atom is -0.367 e. The Balaban J connectivity index is 2.65. The monoisotopic (exact) mass is 227 g/mol. The van der Waals surface area contributed by atoms with Gasteiger partial charge in [-0.3, -0.25) is 9.19 Å². The van der Waals surface area contributed by atoms with E-state index in [0.717, 1.165) is 17.2 Å². The molecule has 0 spiro atoms. The van der Waals surface area contributed by atoms with Gasteiger partial charge < -0.3 is 5.32 Å². The lowest BCUT2D eigenvalue weighted by Gasteiger charge is -2.12. The zero-order chi connectivity index (χ0) is 11.4. The second-order valence-electron chi connectivity index (χ2n) is 3.64. The third-order valence-corrected chi connectivity index (χ3v) is 3.50. The highest BCUT2D eigenvalue weighted by Gasteiger charge is 2.07. The van der Waals surface area contributed by atoms with Gasteiger partial charge in [0.25, 0.3) is 0 Å². The first-order valence-electron chi connectivity index (χ1n) is 4.87. The van der Waals surface area contributed by atoms with Crippen LogP contribution in [0.25, 0.3) is 0 Å². The van der Waals surface area contributed by atoms with Gasteiger partial charge in [-0.25, -0.2) is 4.98 Å². The number of nitrogens with one attached hydrogen (secondary N) is 1. The van der Waals surface area contributed by atoms with Crippen molar-refractivity contribution in [1.29, 1.82) is 0 Å². The maximum atomic E-state index is 11.2. The van der Waals surface area contributed by atoms with Crippen molar-refractivity contribution in [2.45, 2.75) is 26.0 Å². The Kier molecular flexibility index (Phi) is 4.20. The molecule has 1 aromatic heterocycles. The van der Waals surface area contributed by atoms with Crippen LogP contribution in [0.2, 0.25) is 0 Å². The second kappa shape index (κ2) is 5.21. The number of aryl methyl sites for hydroxylation is 2. The summed E-state index contributed by atoms with van der Waals surface area (Å²) in [5.41, 5.74) is 1.75. The average molecular weight is 227 g/mol. The van der Waals surface area contributed by atoms with Gasteiger partial charge >= 0.3 is 0 Å². The van der Waals surface area contributed by atoms with Crippen LogP contribution in [0.15, 0.2) is 6.20 Å². The molecule has 4 nitrogen and oxygen atoms in total. The molecular formula is C10H17N3OS. The van der Waals surface area contributed by atoms with Crippen LogP contribution in [0.5, 0.6) is 0 Å². The molecule has 15 heavy (non-hydrogen) atoms. The van der Waals surface area contributed by atoms with Gasteiger partial charge in [-0.05, 0) is 20.8 Å². The molecule has 0 saturated carbocycles. The van der Waals surface area contributed by atoms with Crippen molar-refractivity contribution in [2.75, 3.05) is 18.1 Å². The molecule has 1 aromatic rings. The van der Waals surface area contributed by atoms with Crippen molar-refractivity contribution in [2.24, 2.45) is 0 Å². The molecule has 84 valence electrons. The molecule has 0 bridgehead atoms. The number of rotatable bonds is 4. The standard InChI is InChI=1S/C10H17N3OS/c1-7-5-11-9(3)10(13-7)12-6-8(2)15(4)14/h5,8H,6H2,1-4H3,(H,12,13). The lowest BCUT2D eigenvalue weighted by atomic mass is 10.4. The molecule has 0 saturated heterocycles. The van der Waals surface area contributed by atoms with E-state index in [9.17, 15) is 4.21 Å². The number of aromatic nitrogens is 2. The van der Waals surface area contributed by atoms with E-state index in [4.69, 9.17) is 0 Å². The van der Waals surface area contributed by atoms with Crippen molar-refractivity contribution < 1.29 is 4.21 Å². The highest BCUT2D eigenvalue weighted by molar-refractivity contribution is 7.84. The Morgan fingerprint density at radius 2 is 2.20 bits per heavy atom. The Morgan fingerprint density at radius 1 is 1.53 bits per heavy atom. The lowest BCUT2D eigenvalue weighted by molar-refractivity contribution is 0.678. The highest BCUT2D eigenvalue weighted by Crippen LogP contribution is 2.08. The summed E-state index contributed by atoms with van der Waals surface area (Å²) < 4.78 is 11.2. The topological polar surface area (TPSA) is 54.9 Å². The third kappa shape index (κ3) is 3.58. The van der Waals surface area contributed by atoms with Gasteiger partial charge in [0.2, 0.25) is 0 Å². The molecule has 1 rings (SSSR count). The molecule has 0 amide bonds. The van der Waals surface area contributed by atoms with Gasteiger partial charge in [0.15, 0.2) is 0 Å². The fourth-order valence-electron chi connectivity index (χ4n) is 1.06. The fraction of sp³-hybridized carbons (Fsp3) is 0.600. The van der Waals surface area contributed by atoms with E-state index >= 15 is 0 Å².